The first-order chi connectivity index (χ1) is 14.0. The molecule has 0 aliphatic carbocycles. The minimum absolute atomic E-state index is 0.170. The van der Waals surface area contributed by atoms with Crippen LogP contribution in [0.15, 0.2) is 36.4 Å². The number of rotatable bonds is 5. The first-order valence-electron chi connectivity index (χ1n) is 9.76. The van der Waals surface area contributed by atoms with Crippen LogP contribution >= 0.6 is 23.2 Å². The molecular formula is C22H24Cl2N3O2+. The minimum atomic E-state index is 0.170. The van der Waals surface area contributed by atoms with Gasteiger partial charge in [-0.15, -0.1) is 0 Å². The average Bonchev–Trinajstić information content (AvgIpc) is 3.30. The number of ether oxygens (including phenoxy) is 1. The minimum Gasteiger partial charge on any atom is -0.492 e. The number of anilines is 2. The summed E-state index contributed by atoms with van der Waals surface area (Å²) in [5.74, 6) is 0.923. The van der Waals surface area contributed by atoms with E-state index in [-0.39, 0.29) is 11.9 Å². The van der Waals surface area contributed by atoms with Crippen molar-refractivity contribution in [2.24, 2.45) is 0 Å². The summed E-state index contributed by atoms with van der Waals surface area (Å²) in [6.45, 7) is 4.39. The Morgan fingerprint density at radius 1 is 1.21 bits per heavy atom. The molecule has 1 atom stereocenters. The molecule has 152 valence electrons. The van der Waals surface area contributed by atoms with E-state index in [1.165, 1.54) is 0 Å². The van der Waals surface area contributed by atoms with Gasteiger partial charge in [-0.3, -0.25) is 9.37 Å². The lowest BCUT2D eigenvalue weighted by atomic mass is 10.2. The van der Waals surface area contributed by atoms with Crippen molar-refractivity contribution < 1.29 is 14.1 Å². The van der Waals surface area contributed by atoms with E-state index >= 15 is 0 Å². The van der Waals surface area contributed by atoms with Crippen LogP contribution in [-0.4, -0.2) is 43.1 Å². The maximum absolute atomic E-state index is 12.1. The van der Waals surface area contributed by atoms with Gasteiger partial charge in [-0.1, -0.05) is 29.3 Å². The molecule has 0 N–H and O–H groups in total. The van der Waals surface area contributed by atoms with Gasteiger partial charge in [-0.25, -0.2) is 4.90 Å². The lowest BCUT2D eigenvalue weighted by Crippen LogP contribution is -2.25. The Labute approximate surface area is 181 Å². The van der Waals surface area contributed by atoms with Crippen molar-refractivity contribution in [1.82, 2.24) is 0 Å². The number of hydrogen-bond acceptors (Lipinski definition) is 3. The van der Waals surface area contributed by atoms with Gasteiger partial charge in [0.1, 0.15) is 19.1 Å². The predicted octanol–water partition coefficient (Wildman–Crippen LogP) is 4.58. The van der Waals surface area contributed by atoms with Crippen molar-refractivity contribution in [1.29, 1.82) is 0 Å². The van der Waals surface area contributed by atoms with Crippen molar-refractivity contribution in [3.8, 4) is 5.75 Å². The van der Waals surface area contributed by atoms with Crippen LogP contribution in [0.5, 0.6) is 5.75 Å². The third-order valence-corrected chi connectivity index (χ3v) is 6.28. The molecule has 7 heteroatoms. The Balaban J connectivity index is 1.60. The van der Waals surface area contributed by atoms with Gasteiger partial charge in [0, 0.05) is 40.3 Å². The van der Waals surface area contributed by atoms with Gasteiger partial charge in [-0.05, 0) is 37.6 Å². The molecule has 0 aromatic heterocycles. The molecule has 4 rings (SSSR count). The summed E-state index contributed by atoms with van der Waals surface area (Å²) < 4.78 is 7.89. The number of amides is 1. The predicted molar refractivity (Wildman–Crippen MR) is 118 cm³/mol. The summed E-state index contributed by atoms with van der Waals surface area (Å²) in [5, 5.41) is 1.35. The molecule has 1 fully saturated rings. The second-order valence-corrected chi connectivity index (χ2v) is 8.31. The molecule has 2 heterocycles. The number of carbonyl (C=O) groups is 1. The summed E-state index contributed by atoms with van der Waals surface area (Å²) in [5.41, 5.74) is 2.79. The largest absolute Gasteiger partial charge is 0.492 e. The first kappa shape index (κ1) is 20.0. The zero-order chi connectivity index (χ0) is 20.5. The van der Waals surface area contributed by atoms with Crippen molar-refractivity contribution in [3.63, 3.8) is 0 Å². The first-order valence-corrected chi connectivity index (χ1v) is 10.5. The normalized spacial score (nSPS) is 19.1. The van der Waals surface area contributed by atoms with Gasteiger partial charge >= 0.3 is 0 Å². The highest BCUT2D eigenvalue weighted by Gasteiger charge is 2.32. The molecule has 1 amide bonds. The average molecular weight is 433 g/mol. The summed E-state index contributed by atoms with van der Waals surface area (Å²) in [6.07, 6.45) is 3.60. The van der Waals surface area contributed by atoms with Crippen molar-refractivity contribution in [3.05, 3.63) is 52.0 Å². The number of hydrogen-bond donors (Lipinski definition) is 0. The maximum atomic E-state index is 12.1. The fourth-order valence-electron chi connectivity index (χ4n) is 3.95. The van der Waals surface area contributed by atoms with Crippen molar-refractivity contribution >= 4 is 46.8 Å². The van der Waals surface area contributed by atoms with E-state index < -0.39 is 0 Å². The number of benzene rings is 2. The lowest BCUT2D eigenvalue weighted by Gasteiger charge is -2.18. The zero-order valence-electron chi connectivity index (χ0n) is 16.6. The molecule has 1 saturated heterocycles. The Morgan fingerprint density at radius 3 is 2.62 bits per heavy atom. The highest BCUT2D eigenvalue weighted by molar-refractivity contribution is 6.35. The number of methoxy groups -OCH3 is 1. The summed E-state index contributed by atoms with van der Waals surface area (Å²) >= 11 is 12.7. The molecule has 2 aliphatic heterocycles. The number of halogens is 2. The molecule has 0 saturated carbocycles. The van der Waals surface area contributed by atoms with E-state index in [2.05, 4.69) is 22.7 Å². The number of carbonyl (C=O) groups excluding carboxylic acids is 1. The van der Waals surface area contributed by atoms with Gasteiger partial charge in [0.25, 0.3) is 0 Å². The molecular weight excluding hydrogens is 409 g/mol. The molecule has 0 spiro atoms. The fourth-order valence-corrected chi connectivity index (χ4v) is 4.46. The topological polar surface area (TPSA) is 35.8 Å². The van der Waals surface area contributed by atoms with Gasteiger partial charge in [0.2, 0.25) is 12.2 Å². The molecule has 29 heavy (non-hydrogen) atoms. The van der Waals surface area contributed by atoms with E-state index in [1.807, 2.05) is 41.3 Å². The molecule has 2 aromatic carbocycles. The molecule has 2 aliphatic rings. The van der Waals surface area contributed by atoms with E-state index in [0.717, 1.165) is 42.2 Å². The summed E-state index contributed by atoms with van der Waals surface area (Å²) in [4.78, 5) is 16.1. The third-order valence-electron chi connectivity index (χ3n) is 5.57. The Morgan fingerprint density at radius 2 is 1.97 bits per heavy atom. The number of nitrogens with zero attached hydrogens (tertiary/aromatic N) is 3. The Bertz CT molecular complexity index is 956. The smallest absolute Gasteiger partial charge is 0.240 e. The molecule has 1 unspecified atom stereocenters. The molecule has 2 aromatic rings. The van der Waals surface area contributed by atoms with E-state index in [4.69, 9.17) is 27.9 Å². The van der Waals surface area contributed by atoms with Gasteiger partial charge in [-0.2, -0.15) is 0 Å². The molecule has 5 nitrogen and oxygen atoms in total. The summed E-state index contributed by atoms with van der Waals surface area (Å²) in [6, 6.07) is 11.8. The quantitative estimate of drug-likeness (QED) is 0.648. The highest BCUT2D eigenvalue weighted by Crippen LogP contribution is 2.35. The second-order valence-electron chi connectivity index (χ2n) is 7.49. The van der Waals surface area contributed by atoms with Crippen molar-refractivity contribution in [2.45, 2.75) is 32.4 Å². The van der Waals surface area contributed by atoms with Crippen LogP contribution in [0.3, 0.4) is 0 Å². The van der Waals surface area contributed by atoms with Crippen molar-refractivity contribution in [2.75, 3.05) is 30.0 Å². The van der Waals surface area contributed by atoms with Crippen LogP contribution in [0.4, 0.5) is 11.4 Å². The van der Waals surface area contributed by atoms with E-state index in [0.29, 0.717) is 23.0 Å². The zero-order valence-corrected chi connectivity index (χ0v) is 18.1. The van der Waals surface area contributed by atoms with E-state index in [9.17, 15) is 4.79 Å². The fraction of sp³-hybridized carbons (Fsp3) is 0.364. The van der Waals surface area contributed by atoms with Crippen LogP contribution in [0.2, 0.25) is 10.0 Å². The van der Waals surface area contributed by atoms with Gasteiger partial charge in [0.15, 0.2) is 11.4 Å². The van der Waals surface area contributed by atoms with E-state index in [1.54, 1.807) is 7.11 Å². The highest BCUT2D eigenvalue weighted by atomic mass is 35.5. The standard InChI is InChI=1S/C22H24Cl2N3O2/c1-15-12-26(14-25(15)13-17-18(23)5-3-6-19(17)24)20-9-8-16(11-21(20)29-2)27-10-4-7-22(27)28/h3,5-6,8-9,11,14-15H,4,7,10,12-13H2,1-2H3/q+1. The summed E-state index contributed by atoms with van der Waals surface area (Å²) in [7, 11) is 1.66. The SMILES string of the molecule is COc1cc(N2CCCC2=O)ccc1N1C=[N+](Cc2c(Cl)cccc2Cl)C(C)C1. The van der Waals surface area contributed by atoms with Crippen LogP contribution < -0.4 is 14.5 Å². The Kier molecular flexibility index (Phi) is 5.70. The lowest BCUT2D eigenvalue weighted by molar-refractivity contribution is -0.563. The molecule has 0 radical (unpaired) electrons. The monoisotopic (exact) mass is 432 g/mol. The third kappa shape index (κ3) is 3.94. The van der Waals surface area contributed by atoms with Crippen LogP contribution in [0.1, 0.15) is 25.3 Å². The van der Waals surface area contributed by atoms with Crippen LogP contribution in [0, 0.1) is 0 Å². The van der Waals surface area contributed by atoms with Gasteiger partial charge in [0.05, 0.1) is 7.11 Å². The molecule has 0 bridgehead atoms. The van der Waals surface area contributed by atoms with Gasteiger partial charge < -0.3 is 9.64 Å². The van der Waals surface area contributed by atoms with Crippen LogP contribution in [0.25, 0.3) is 0 Å². The maximum Gasteiger partial charge on any atom is 0.240 e. The Hall–Kier alpha value is -2.24. The van der Waals surface area contributed by atoms with Crippen LogP contribution in [-0.2, 0) is 11.3 Å². The second kappa shape index (κ2) is 8.25.